The predicted molar refractivity (Wildman–Crippen MR) is 99.1 cm³/mol. The van der Waals surface area contributed by atoms with Crippen LogP contribution in [0.3, 0.4) is 0 Å². The number of aromatic nitrogens is 5. The molecule has 0 spiro atoms. The van der Waals surface area contributed by atoms with E-state index >= 15 is 0 Å². The standard InChI is InChI=1S/C16H18N6O4S/c1-16(2,3)11-5-6-12(20-19-11)21-27(25,26)9-7-10-13(17-8-9)22(4)15(24)18-14(10)23/h5-8H,1-4H3,(H,20,21)(H,18,23,24). The van der Waals surface area contributed by atoms with Crippen molar-refractivity contribution in [1.82, 2.24) is 24.7 Å². The zero-order valence-corrected chi connectivity index (χ0v) is 16.0. The highest BCUT2D eigenvalue weighted by molar-refractivity contribution is 7.92. The monoisotopic (exact) mass is 390 g/mol. The van der Waals surface area contributed by atoms with Gasteiger partial charge in [0.15, 0.2) is 5.82 Å². The number of H-pyrrole nitrogens is 1. The molecule has 11 heteroatoms. The zero-order valence-electron chi connectivity index (χ0n) is 15.1. The van der Waals surface area contributed by atoms with E-state index in [-0.39, 0.29) is 27.2 Å². The van der Waals surface area contributed by atoms with Crippen LogP contribution in [0.15, 0.2) is 38.9 Å². The summed E-state index contributed by atoms with van der Waals surface area (Å²) in [5, 5.41) is 7.90. The summed E-state index contributed by atoms with van der Waals surface area (Å²) in [4.78, 5) is 29.4. The fourth-order valence-electron chi connectivity index (χ4n) is 2.35. The van der Waals surface area contributed by atoms with Crippen molar-refractivity contribution in [3.63, 3.8) is 0 Å². The van der Waals surface area contributed by atoms with E-state index in [1.807, 2.05) is 20.8 Å². The topological polar surface area (TPSA) is 140 Å². The van der Waals surface area contributed by atoms with Gasteiger partial charge in [-0.2, -0.15) is 5.10 Å². The number of rotatable bonds is 3. The van der Waals surface area contributed by atoms with Crippen LogP contribution in [0, 0.1) is 0 Å². The van der Waals surface area contributed by atoms with Crippen molar-refractivity contribution in [2.75, 3.05) is 4.72 Å². The molecule has 0 atom stereocenters. The smallest absolute Gasteiger partial charge is 0.281 e. The second-order valence-corrected chi connectivity index (χ2v) is 8.70. The van der Waals surface area contributed by atoms with Crippen LogP contribution in [0.25, 0.3) is 11.0 Å². The van der Waals surface area contributed by atoms with Gasteiger partial charge in [-0.15, -0.1) is 5.10 Å². The maximum atomic E-state index is 12.6. The van der Waals surface area contributed by atoms with E-state index in [4.69, 9.17) is 0 Å². The second-order valence-electron chi connectivity index (χ2n) is 7.02. The Hall–Kier alpha value is -3.08. The molecule has 0 saturated heterocycles. The van der Waals surface area contributed by atoms with Gasteiger partial charge < -0.3 is 0 Å². The highest BCUT2D eigenvalue weighted by atomic mass is 32.2. The predicted octanol–water partition coefficient (Wildman–Crippen LogP) is 0.510. The first-order valence-electron chi connectivity index (χ1n) is 7.95. The van der Waals surface area contributed by atoms with Crippen LogP contribution in [0.4, 0.5) is 5.82 Å². The van der Waals surface area contributed by atoms with E-state index in [0.29, 0.717) is 5.69 Å². The molecule has 3 rings (SSSR count). The first-order valence-corrected chi connectivity index (χ1v) is 9.43. The molecule has 142 valence electrons. The minimum atomic E-state index is -4.05. The number of aromatic amines is 1. The van der Waals surface area contributed by atoms with Crippen LogP contribution < -0.4 is 16.0 Å². The molecule has 0 amide bonds. The Bertz CT molecular complexity index is 1240. The van der Waals surface area contributed by atoms with Crippen LogP contribution >= 0.6 is 0 Å². The summed E-state index contributed by atoms with van der Waals surface area (Å²) in [6.07, 6.45) is 1.07. The molecule has 3 aromatic heterocycles. The molecule has 0 aromatic carbocycles. The average Bonchev–Trinajstić information content (AvgIpc) is 2.58. The van der Waals surface area contributed by atoms with E-state index in [9.17, 15) is 18.0 Å². The third kappa shape index (κ3) is 3.58. The molecule has 0 radical (unpaired) electrons. The third-order valence-electron chi connectivity index (χ3n) is 3.91. The lowest BCUT2D eigenvalue weighted by molar-refractivity contribution is 0.559. The summed E-state index contributed by atoms with van der Waals surface area (Å²) in [5.74, 6) is 0.0393. The Morgan fingerprint density at radius 3 is 2.44 bits per heavy atom. The minimum Gasteiger partial charge on any atom is -0.281 e. The maximum Gasteiger partial charge on any atom is 0.329 e. The highest BCUT2D eigenvalue weighted by Crippen LogP contribution is 2.21. The van der Waals surface area contributed by atoms with Gasteiger partial charge in [0.05, 0.1) is 11.1 Å². The molecule has 0 aliphatic carbocycles. The number of pyridine rings is 1. The highest BCUT2D eigenvalue weighted by Gasteiger charge is 2.20. The van der Waals surface area contributed by atoms with Crippen molar-refractivity contribution in [1.29, 1.82) is 0 Å². The van der Waals surface area contributed by atoms with Crippen LogP contribution in [0.2, 0.25) is 0 Å². The lowest BCUT2D eigenvalue weighted by Crippen LogP contribution is -2.29. The van der Waals surface area contributed by atoms with Crippen molar-refractivity contribution < 1.29 is 8.42 Å². The summed E-state index contributed by atoms with van der Waals surface area (Å²) in [5.41, 5.74) is -0.777. The lowest BCUT2D eigenvalue weighted by atomic mass is 9.92. The SMILES string of the molecule is Cn1c(=O)[nH]c(=O)c2cc(S(=O)(=O)Nc3ccc(C(C)(C)C)nn3)cnc21. The van der Waals surface area contributed by atoms with Gasteiger partial charge in [-0.1, -0.05) is 20.8 Å². The van der Waals surface area contributed by atoms with E-state index in [0.717, 1.165) is 16.8 Å². The lowest BCUT2D eigenvalue weighted by Gasteiger charge is -2.16. The minimum absolute atomic E-state index is 0.0193. The molecule has 0 fully saturated rings. The fraction of sp³-hybridized carbons (Fsp3) is 0.312. The van der Waals surface area contributed by atoms with Gasteiger partial charge in [0.1, 0.15) is 10.5 Å². The maximum absolute atomic E-state index is 12.6. The molecule has 3 heterocycles. The van der Waals surface area contributed by atoms with Crippen LogP contribution in [-0.2, 0) is 22.5 Å². The van der Waals surface area contributed by atoms with Crippen LogP contribution in [0.5, 0.6) is 0 Å². The number of nitrogens with one attached hydrogen (secondary N) is 2. The Morgan fingerprint density at radius 1 is 1.15 bits per heavy atom. The average molecular weight is 390 g/mol. The van der Waals surface area contributed by atoms with Gasteiger partial charge in [-0.3, -0.25) is 19.1 Å². The summed E-state index contributed by atoms with van der Waals surface area (Å²) in [7, 11) is -2.63. The van der Waals surface area contributed by atoms with Crippen molar-refractivity contribution in [2.45, 2.75) is 31.1 Å². The number of fused-ring (bicyclic) bond motifs is 1. The zero-order chi connectivity index (χ0) is 20.0. The summed E-state index contributed by atoms with van der Waals surface area (Å²) in [6, 6.07) is 4.35. The van der Waals surface area contributed by atoms with Crippen molar-refractivity contribution in [2.24, 2.45) is 7.05 Å². The van der Waals surface area contributed by atoms with Crippen LogP contribution in [0.1, 0.15) is 26.5 Å². The molecule has 3 aromatic rings. The molecule has 0 saturated carbocycles. The molecule has 2 N–H and O–H groups in total. The van der Waals surface area contributed by atoms with E-state index in [1.165, 1.54) is 13.1 Å². The first-order chi connectivity index (χ1) is 12.5. The summed E-state index contributed by atoms with van der Waals surface area (Å²) >= 11 is 0. The number of hydrogen-bond acceptors (Lipinski definition) is 7. The van der Waals surface area contributed by atoms with E-state index in [2.05, 4.69) is 24.9 Å². The van der Waals surface area contributed by atoms with E-state index in [1.54, 1.807) is 6.07 Å². The van der Waals surface area contributed by atoms with E-state index < -0.39 is 21.3 Å². The number of anilines is 1. The Balaban J connectivity index is 2.00. The number of nitrogens with zero attached hydrogens (tertiary/aromatic N) is 4. The van der Waals surface area contributed by atoms with Gasteiger partial charge in [0, 0.05) is 18.7 Å². The first kappa shape index (κ1) is 18.7. The number of sulfonamides is 1. The normalized spacial score (nSPS) is 12.3. The van der Waals surface area contributed by atoms with Crippen molar-refractivity contribution in [3.8, 4) is 0 Å². The molecule has 0 bridgehead atoms. The molecule has 0 unspecified atom stereocenters. The quantitative estimate of drug-likeness (QED) is 0.664. The fourth-order valence-corrected chi connectivity index (χ4v) is 3.31. The Kier molecular flexibility index (Phi) is 4.34. The number of hydrogen-bond donors (Lipinski definition) is 2. The van der Waals surface area contributed by atoms with Gasteiger partial charge in [0.25, 0.3) is 15.6 Å². The van der Waals surface area contributed by atoms with Gasteiger partial charge in [-0.05, 0) is 18.2 Å². The van der Waals surface area contributed by atoms with Gasteiger partial charge in [-0.25, -0.2) is 18.2 Å². The molecule has 0 aliphatic rings. The molecular weight excluding hydrogens is 372 g/mol. The Labute approximate surface area is 154 Å². The van der Waals surface area contributed by atoms with Crippen molar-refractivity contribution in [3.05, 3.63) is 50.9 Å². The third-order valence-corrected chi connectivity index (χ3v) is 5.23. The summed E-state index contributed by atoms with van der Waals surface area (Å²) < 4.78 is 28.6. The largest absolute Gasteiger partial charge is 0.329 e. The van der Waals surface area contributed by atoms with Crippen LogP contribution in [-0.4, -0.2) is 33.2 Å². The Morgan fingerprint density at radius 2 is 1.85 bits per heavy atom. The summed E-state index contributed by atoms with van der Waals surface area (Å²) in [6.45, 7) is 5.89. The molecule has 27 heavy (non-hydrogen) atoms. The molecular formula is C16H18N6O4S. The van der Waals surface area contributed by atoms with Gasteiger partial charge in [0.2, 0.25) is 0 Å². The second kappa shape index (κ2) is 6.27. The van der Waals surface area contributed by atoms with Crippen molar-refractivity contribution >= 4 is 26.9 Å². The molecule has 10 nitrogen and oxygen atoms in total. The number of aryl methyl sites for hydroxylation is 1. The molecule has 0 aliphatic heterocycles. The van der Waals surface area contributed by atoms with Gasteiger partial charge >= 0.3 is 5.69 Å².